The van der Waals surface area contributed by atoms with Crippen LogP contribution in [0.4, 0.5) is 0 Å². The molecule has 0 aliphatic heterocycles. The zero-order valence-electron chi connectivity index (χ0n) is 28.0. The van der Waals surface area contributed by atoms with Gasteiger partial charge in [-0.15, -0.1) is 11.3 Å². The summed E-state index contributed by atoms with van der Waals surface area (Å²) in [7, 11) is 0. The van der Waals surface area contributed by atoms with E-state index in [9.17, 15) is 0 Å². The van der Waals surface area contributed by atoms with Crippen molar-refractivity contribution < 1.29 is 0 Å². The predicted octanol–water partition coefficient (Wildman–Crippen LogP) is 13.2. The first-order valence-corrected chi connectivity index (χ1v) is 18.4. The van der Waals surface area contributed by atoms with Gasteiger partial charge in [-0.1, -0.05) is 133 Å². The maximum Gasteiger partial charge on any atom is 0.161 e. The van der Waals surface area contributed by atoms with Gasteiger partial charge in [0.2, 0.25) is 0 Å². The Kier molecular flexibility index (Phi) is 6.42. The molecule has 3 nitrogen and oxygen atoms in total. The summed E-state index contributed by atoms with van der Waals surface area (Å²) in [6, 6.07) is 63.1. The number of fused-ring (bicyclic) bond motifs is 8. The molecule has 4 heteroatoms. The van der Waals surface area contributed by atoms with Gasteiger partial charge in [0.1, 0.15) is 0 Å². The highest BCUT2D eigenvalue weighted by Crippen LogP contribution is 2.42. The molecule has 0 radical (unpaired) electrons. The monoisotopic (exact) mass is 679 g/mol. The first-order chi connectivity index (χ1) is 25.8. The van der Waals surface area contributed by atoms with Crippen LogP contribution in [0.3, 0.4) is 0 Å². The van der Waals surface area contributed by atoms with Crippen molar-refractivity contribution >= 4 is 74.9 Å². The minimum atomic E-state index is 0.732. The zero-order chi connectivity index (χ0) is 34.2. The largest absolute Gasteiger partial charge is 0.309 e. The lowest BCUT2D eigenvalue weighted by molar-refractivity contribution is 1.18. The van der Waals surface area contributed by atoms with Crippen LogP contribution in [0.1, 0.15) is 0 Å². The number of nitrogens with zero attached hydrogens (tertiary/aromatic N) is 3. The maximum absolute atomic E-state index is 5.39. The summed E-state index contributed by atoms with van der Waals surface area (Å²) in [5.41, 5.74) is 8.54. The summed E-state index contributed by atoms with van der Waals surface area (Å²) >= 11 is 1.81. The molecule has 242 valence electrons. The van der Waals surface area contributed by atoms with Crippen molar-refractivity contribution in [1.29, 1.82) is 0 Å². The standard InChI is InChI=1S/C48H29N3S/c1-2-13-30(14-3-1)41-29-42(50-48(49-41)39-22-12-21-38-37-20-9-11-24-46(37)52-47(38)39)34-25-26-44(35-18-7-6-17-33(34)35)51-43-23-10-8-19-36(43)40-27-31-15-4-5-16-32(31)28-45(40)51/h1-29H. The minimum Gasteiger partial charge on any atom is -0.309 e. The fourth-order valence-corrected chi connectivity index (χ4v) is 9.21. The number of benzene rings is 8. The van der Waals surface area contributed by atoms with Crippen molar-refractivity contribution in [3.05, 3.63) is 176 Å². The lowest BCUT2D eigenvalue weighted by Crippen LogP contribution is -1.99. The van der Waals surface area contributed by atoms with Gasteiger partial charge in [0.25, 0.3) is 0 Å². The van der Waals surface area contributed by atoms with Gasteiger partial charge in [0, 0.05) is 53.0 Å². The minimum absolute atomic E-state index is 0.732. The van der Waals surface area contributed by atoms with Crippen molar-refractivity contribution in [2.75, 3.05) is 0 Å². The van der Waals surface area contributed by atoms with E-state index in [1.54, 1.807) is 0 Å². The van der Waals surface area contributed by atoms with Gasteiger partial charge in [-0.05, 0) is 58.6 Å². The summed E-state index contributed by atoms with van der Waals surface area (Å²) in [5.74, 6) is 0.732. The molecule has 11 aromatic rings. The summed E-state index contributed by atoms with van der Waals surface area (Å²) in [4.78, 5) is 10.6. The Morgan fingerprint density at radius 3 is 1.94 bits per heavy atom. The molecule has 0 unspecified atom stereocenters. The van der Waals surface area contributed by atoms with E-state index < -0.39 is 0 Å². The van der Waals surface area contributed by atoms with E-state index in [4.69, 9.17) is 9.97 Å². The summed E-state index contributed by atoms with van der Waals surface area (Å²) in [6.45, 7) is 0. The highest BCUT2D eigenvalue weighted by molar-refractivity contribution is 7.26. The first kappa shape index (κ1) is 29.1. The third-order valence-corrected chi connectivity index (χ3v) is 11.6. The van der Waals surface area contributed by atoms with Crippen LogP contribution in [-0.4, -0.2) is 14.5 Å². The molecule has 0 saturated carbocycles. The molecule has 8 aromatic carbocycles. The molecular weight excluding hydrogens is 651 g/mol. The molecule has 3 heterocycles. The lowest BCUT2D eigenvalue weighted by atomic mass is 9.98. The Morgan fingerprint density at radius 1 is 0.404 bits per heavy atom. The normalized spacial score (nSPS) is 11.8. The molecule has 0 atom stereocenters. The molecule has 0 amide bonds. The van der Waals surface area contributed by atoms with Crippen molar-refractivity contribution in [1.82, 2.24) is 14.5 Å². The molecule has 0 spiro atoms. The number of hydrogen-bond acceptors (Lipinski definition) is 3. The predicted molar refractivity (Wildman–Crippen MR) is 221 cm³/mol. The Balaban J connectivity index is 1.17. The molecule has 0 bridgehead atoms. The fraction of sp³-hybridized carbons (Fsp3) is 0. The molecule has 0 saturated heterocycles. The van der Waals surface area contributed by atoms with Crippen molar-refractivity contribution in [3.8, 4) is 39.6 Å². The zero-order valence-corrected chi connectivity index (χ0v) is 28.8. The highest BCUT2D eigenvalue weighted by atomic mass is 32.1. The summed E-state index contributed by atoms with van der Waals surface area (Å²) < 4.78 is 4.91. The number of rotatable bonds is 4. The average molecular weight is 680 g/mol. The third kappa shape index (κ3) is 4.45. The van der Waals surface area contributed by atoms with E-state index in [2.05, 4.69) is 174 Å². The van der Waals surface area contributed by atoms with Crippen molar-refractivity contribution in [2.24, 2.45) is 0 Å². The molecule has 0 aliphatic carbocycles. The molecular formula is C48H29N3S. The van der Waals surface area contributed by atoms with Crippen molar-refractivity contribution in [2.45, 2.75) is 0 Å². The van der Waals surface area contributed by atoms with Crippen LogP contribution >= 0.6 is 11.3 Å². The Morgan fingerprint density at radius 2 is 1.08 bits per heavy atom. The number of thiophene rings is 1. The Labute approximate surface area is 303 Å². The van der Waals surface area contributed by atoms with Crippen LogP contribution < -0.4 is 0 Å². The van der Waals surface area contributed by atoms with Gasteiger partial charge in [0.15, 0.2) is 5.82 Å². The van der Waals surface area contributed by atoms with E-state index in [-0.39, 0.29) is 0 Å². The lowest BCUT2D eigenvalue weighted by Gasteiger charge is -2.16. The van der Waals surface area contributed by atoms with Crippen LogP contribution in [0.2, 0.25) is 0 Å². The molecule has 0 N–H and O–H groups in total. The van der Waals surface area contributed by atoms with E-state index in [0.29, 0.717) is 0 Å². The van der Waals surface area contributed by atoms with Gasteiger partial charge in [-0.25, -0.2) is 9.97 Å². The summed E-state index contributed by atoms with van der Waals surface area (Å²) in [6.07, 6.45) is 0. The van der Waals surface area contributed by atoms with Gasteiger partial charge in [-0.2, -0.15) is 0 Å². The van der Waals surface area contributed by atoms with Gasteiger partial charge in [0.05, 0.1) is 28.1 Å². The SMILES string of the molecule is c1ccc(-c2cc(-c3ccc(-n4c5ccccc5c5cc6ccccc6cc54)c4ccccc34)nc(-c3cccc4c3sc3ccccc34)n2)cc1. The Bertz CT molecular complexity index is 3190. The molecule has 11 rings (SSSR count). The number of para-hydroxylation sites is 1. The quantitative estimate of drug-likeness (QED) is 0.185. The van der Waals surface area contributed by atoms with Crippen LogP contribution in [0.25, 0.3) is 103 Å². The van der Waals surface area contributed by atoms with Crippen LogP contribution in [0.15, 0.2) is 176 Å². The number of hydrogen-bond donors (Lipinski definition) is 0. The average Bonchev–Trinajstić information content (AvgIpc) is 3.75. The Hall–Kier alpha value is -6.62. The van der Waals surface area contributed by atoms with Gasteiger partial charge < -0.3 is 4.57 Å². The highest BCUT2D eigenvalue weighted by Gasteiger charge is 2.19. The topological polar surface area (TPSA) is 30.7 Å². The molecule has 52 heavy (non-hydrogen) atoms. The van der Waals surface area contributed by atoms with E-state index in [1.807, 2.05) is 17.4 Å². The van der Waals surface area contributed by atoms with E-state index >= 15 is 0 Å². The van der Waals surface area contributed by atoms with Gasteiger partial charge >= 0.3 is 0 Å². The van der Waals surface area contributed by atoms with Gasteiger partial charge in [-0.3, -0.25) is 0 Å². The van der Waals surface area contributed by atoms with Crippen LogP contribution in [0.5, 0.6) is 0 Å². The van der Waals surface area contributed by atoms with Crippen LogP contribution in [-0.2, 0) is 0 Å². The van der Waals surface area contributed by atoms with E-state index in [1.165, 1.54) is 58.1 Å². The molecule has 0 fully saturated rings. The second kappa shape index (κ2) is 11.5. The van der Waals surface area contributed by atoms with Crippen LogP contribution in [0, 0.1) is 0 Å². The first-order valence-electron chi connectivity index (χ1n) is 17.6. The summed E-state index contributed by atoms with van der Waals surface area (Å²) in [5, 5.41) is 9.81. The smallest absolute Gasteiger partial charge is 0.161 e. The third-order valence-electron chi connectivity index (χ3n) is 10.4. The van der Waals surface area contributed by atoms with Crippen molar-refractivity contribution in [3.63, 3.8) is 0 Å². The van der Waals surface area contributed by atoms with E-state index in [0.717, 1.165) is 45.0 Å². The molecule has 3 aromatic heterocycles. The number of aromatic nitrogens is 3. The maximum atomic E-state index is 5.39. The molecule has 0 aliphatic rings. The second-order valence-corrected chi connectivity index (χ2v) is 14.4. The fourth-order valence-electron chi connectivity index (χ4n) is 8.00. The second-order valence-electron chi connectivity index (χ2n) is 13.4.